The molecule has 2 aliphatic heterocycles. The number of nitrogens with zero attached hydrogens (tertiary/aromatic N) is 2. The molecule has 0 radical (unpaired) electrons. The predicted octanol–water partition coefficient (Wildman–Crippen LogP) is 1.07. The van der Waals surface area contributed by atoms with Gasteiger partial charge in [-0.3, -0.25) is 4.99 Å². The Morgan fingerprint density at radius 3 is 3.00 bits per heavy atom. The van der Waals surface area contributed by atoms with Crippen LogP contribution in [0.25, 0.3) is 0 Å². The molecule has 0 aromatic carbocycles. The van der Waals surface area contributed by atoms with Crippen LogP contribution in [-0.4, -0.2) is 37.3 Å². The molecule has 2 heterocycles. The summed E-state index contributed by atoms with van der Waals surface area (Å²) >= 11 is 0. The Bertz CT molecular complexity index is 382. The van der Waals surface area contributed by atoms with Gasteiger partial charge in [-0.15, -0.1) is 0 Å². The summed E-state index contributed by atoms with van der Waals surface area (Å²) < 4.78 is 0. The first-order valence-corrected chi connectivity index (χ1v) is 5.55. The van der Waals surface area contributed by atoms with Gasteiger partial charge in [0.1, 0.15) is 0 Å². The van der Waals surface area contributed by atoms with Crippen LogP contribution in [0.5, 0.6) is 0 Å². The van der Waals surface area contributed by atoms with Gasteiger partial charge in [0.05, 0.1) is 17.6 Å². The van der Waals surface area contributed by atoms with Crippen LogP contribution in [0.15, 0.2) is 40.2 Å². The maximum atomic E-state index is 4.46. The highest BCUT2D eigenvalue weighted by atomic mass is 15.2. The van der Waals surface area contributed by atoms with Gasteiger partial charge in [-0.2, -0.15) is 0 Å². The van der Waals surface area contributed by atoms with Crippen molar-refractivity contribution in [2.45, 2.75) is 6.42 Å². The second-order valence-electron chi connectivity index (χ2n) is 4.04. The number of nitrogens with one attached hydrogen (secondary N) is 1. The van der Waals surface area contributed by atoms with Gasteiger partial charge in [0.15, 0.2) is 0 Å². The van der Waals surface area contributed by atoms with Gasteiger partial charge >= 0.3 is 0 Å². The van der Waals surface area contributed by atoms with Crippen molar-refractivity contribution in [3.8, 4) is 0 Å². The largest absolute Gasteiger partial charge is 0.367 e. The third-order valence-electron chi connectivity index (χ3n) is 3.11. The Morgan fingerprint density at radius 1 is 1.27 bits per heavy atom. The Labute approximate surface area is 89.9 Å². The summed E-state index contributed by atoms with van der Waals surface area (Å²) in [5, 5.41) is 3.37. The molecule has 1 saturated heterocycles. The Hall–Kier alpha value is -1.35. The van der Waals surface area contributed by atoms with E-state index in [-0.39, 0.29) is 0 Å². The average molecular weight is 201 g/mol. The molecular weight excluding hydrogens is 186 g/mol. The van der Waals surface area contributed by atoms with Gasteiger partial charge in [0.2, 0.25) is 0 Å². The van der Waals surface area contributed by atoms with Gasteiger partial charge in [0.25, 0.3) is 0 Å². The lowest BCUT2D eigenvalue weighted by Crippen LogP contribution is -2.43. The van der Waals surface area contributed by atoms with E-state index < -0.39 is 0 Å². The molecule has 0 bridgehead atoms. The maximum absolute atomic E-state index is 4.46. The number of allylic oxidation sites excluding steroid dienone is 5. The van der Waals surface area contributed by atoms with Crippen LogP contribution in [0.2, 0.25) is 0 Å². The zero-order chi connectivity index (χ0) is 10.1. The van der Waals surface area contributed by atoms with Gasteiger partial charge in [0, 0.05) is 31.8 Å². The van der Waals surface area contributed by atoms with Crippen molar-refractivity contribution in [3.63, 3.8) is 0 Å². The van der Waals surface area contributed by atoms with E-state index in [2.05, 4.69) is 33.4 Å². The lowest BCUT2D eigenvalue weighted by Gasteiger charge is -2.30. The van der Waals surface area contributed by atoms with Crippen LogP contribution >= 0.6 is 0 Å². The summed E-state index contributed by atoms with van der Waals surface area (Å²) in [6.07, 6.45) is 9.46. The van der Waals surface area contributed by atoms with Crippen LogP contribution in [-0.2, 0) is 0 Å². The van der Waals surface area contributed by atoms with Crippen molar-refractivity contribution < 1.29 is 0 Å². The Morgan fingerprint density at radius 2 is 2.13 bits per heavy atom. The van der Waals surface area contributed by atoms with Crippen molar-refractivity contribution in [3.05, 3.63) is 35.2 Å². The molecule has 3 nitrogen and oxygen atoms in total. The van der Waals surface area contributed by atoms with Crippen molar-refractivity contribution in [1.29, 1.82) is 0 Å². The molecule has 0 saturated carbocycles. The highest BCUT2D eigenvalue weighted by Gasteiger charge is 2.21. The fourth-order valence-corrected chi connectivity index (χ4v) is 2.29. The number of piperazine rings is 1. The molecule has 3 aliphatic rings. The molecule has 1 aliphatic carbocycles. The lowest BCUT2D eigenvalue weighted by atomic mass is 10.0. The minimum Gasteiger partial charge on any atom is -0.367 e. The third-order valence-corrected chi connectivity index (χ3v) is 3.11. The summed E-state index contributed by atoms with van der Waals surface area (Å²) in [6, 6.07) is 0. The van der Waals surface area contributed by atoms with Gasteiger partial charge in [-0.05, 0) is 12.5 Å². The molecule has 3 rings (SSSR count). The van der Waals surface area contributed by atoms with Crippen molar-refractivity contribution in [2.75, 3.05) is 26.2 Å². The van der Waals surface area contributed by atoms with Crippen LogP contribution in [0.4, 0.5) is 0 Å². The van der Waals surface area contributed by atoms with Crippen LogP contribution in [0, 0.1) is 0 Å². The predicted molar refractivity (Wildman–Crippen MR) is 61.8 cm³/mol. The highest BCUT2D eigenvalue weighted by Crippen LogP contribution is 2.29. The summed E-state index contributed by atoms with van der Waals surface area (Å²) in [6.45, 7) is 4.36. The molecule has 15 heavy (non-hydrogen) atoms. The minimum absolute atomic E-state index is 1.03. The van der Waals surface area contributed by atoms with E-state index in [1.165, 1.54) is 11.3 Å². The second-order valence-corrected chi connectivity index (χ2v) is 4.04. The smallest absolute Gasteiger partial charge is 0.0686 e. The molecule has 1 N–H and O–H groups in total. The SMILES string of the molecule is C1=CCC2=C(N3CCNCC3)C=NC2=C1. The molecular formula is C12H15N3. The number of rotatable bonds is 1. The van der Waals surface area contributed by atoms with Gasteiger partial charge < -0.3 is 10.2 Å². The van der Waals surface area contributed by atoms with Gasteiger partial charge in [-0.1, -0.05) is 12.2 Å². The molecule has 78 valence electrons. The van der Waals surface area contributed by atoms with Gasteiger partial charge in [-0.25, -0.2) is 0 Å². The van der Waals surface area contributed by atoms with E-state index in [9.17, 15) is 0 Å². The van der Waals surface area contributed by atoms with E-state index in [1.54, 1.807) is 0 Å². The van der Waals surface area contributed by atoms with E-state index >= 15 is 0 Å². The normalized spacial score (nSPS) is 24.5. The standard InChI is InChI=1S/C12H15N3/c1-2-4-11-10(3-1)12(9-14-11)15-7-5-13-6-8-15/h1-2,4,9,13H,3,5-8H2. The van der Waals surface area contributed by atoms with E-state index in [1.807, 2.05) is 6.21 Å². The zero-order valence-electron chi connectivity index (χ0n) is 8.74. The Balaban J connectivity index is 1.89. The molecule has 0 unspecified atom stereocenters. The molecule has 1 fully saturated rings. The molecule has 0 amide bonds. The van der Waals surface area contributed by atoms with E-state index in [4.69, 9.17) is 0 Å². The molecule has 0 spiro atoms. The number of fused-ring (bicyclic) bond motifs is 1. The molecule has 0 aromatic heterocycles. The first-order chi connectivity index (χ1) is 7.45. The number of hydrogen-bond donors (Lipinski definition) is 1. The first kappa shape index (κ1) is 8.92. The first-order valence-electron chi connectivity index (χ1n) is 5.55. The molecule has 0 atom stereocenters. The van der Waals surface area contributed by atoms with Crippen molar-refractivity contribution >= 4 is 6.21 Å². The monoisotopic (exact) mass is 201 g/mol. The van der Waals surface area contributed by atoms with Crippen molar-refractivity contribution in [2.24, 2.45) is 4.99 Å². The van der Waals surface area contributed by atoms with Crippen LogP contribution in [0.3, 0.4) is 0 Å². The second kappa shape index (κ2) is 3.66. The van der Waals surface area contributed by atoms with E-state index in [0.29, 0.717) is 0 Å². The quantitative estimate of drug-likeness (QED) is 0.687. The highest BCUT2D eigenvalue weighted by molar-refractivity contribution is 5.86. The Kier molecular flexibility index (Phi) is 2.18. The fourth-order valence-electron chi connectivity index (χ4n) is 2.29. The molecule has 0 aromatic rings. The molecule has 3 heteroatoms. The third kappa shape index (κ3) is 1.53. The lowest BCUT2D eigenvalue weighted by molar-refractivity contribution is 0.311. The van der Waals surface area contributed by atoms with Crippen molar-refractivity contribution in [1.82, 2.24) is 10.2 Å². The zero-order valence-corrected chi connectivity index (χ0v) is 8.74. The summed E-state index contributed by atoms with van der Waals surface area (Å²) in [4.78, 5) is 6.90. The average Bonchev–Trinajstić information content (AvgIpc) is 2.74. The number of hydrogen-bond acceptors (Lipinski definition) is 3. The number of aliphatic imine (C=N–C) groups is 1. The van der Waals surface area contributed by atoms with E-state index in [0.717, 1.165) is 38.3 Å². The van der Waals surface area contributed by atoms with Crippen LogP contribution in [0.1, 0.15) is 6.42 Å². The minimum atomic E-state index is 1.03. The summed E-state index contributed by atoms with van der Waals surface area (Å²) in [5.74, 6) is 0. The summed E-state index contributed by atoms with van der Waals surface area (Å²) in [5.41, 5.74) is 3.90. The van der Waals surface area contributed by atoms with Crippen LogP contribution < -0.4 is 5.32 Å². The summed E-state index contributed by atoms with van der Waals surface area (Å²) in [7, 11) is 0. The topological polar surface area (TPSA) is 27.6 Å². The maximum Gasteiger partial charge on any atom is 0.0686 e. The fraction of sp³-hybridized carbons (Fsp3) is 0.417.